The van der Waals surface area contributed by atoms with Crippen molar-refractivity contribution < 1.29 is 9.53 Å². The Morgan fingerprint density at radius 2 is 1.91 bits per heavy atom. The van der Waals surface area contributed by atoms with Crippen LogP contribution < -0.4 is 15.4 Å². The van der Waals surface area contributed by atoms with Crippen molar-refractivity contribution in [3.8, 4) is 17.6 Å². The maximum Gasteiger partial charge on any atom is 0.315 e. The zero-order chi connectivity index (χ0) is 15.8. The van der Waals surface area contributed by atoms with E-state index in [-0.39, 0.29) is 12.1 Å². The third kappa shape index (κ3) is 4.71. The molecule has 0 aliphatic heterocycles. The summed E-state index contributed by atoms with van der Waals surface area (Å²) in [4.78, 5) is 11.3. The Morgan fingerprint density at radius 1 is 1.14 bits per heavy atom. The van der Waals surface area contributed by atoms with Gasteiger partial charge >= 0.3 is 6.03 Å². The number of rotatable bonds is 4. The Kier molecular flexibility index (Phi) is 5.67. The summed E-state index contributed by atoms with van der Waals surface area (Å²) in [6, 6.07) is 13.9. The van der Waals surface area contributed by atoms with Gasteiger partial charge in [-0.15, -0.1) is 0 Å². The van der Waals surface area contributed by atoms with E-state index in [9.17, 15) is 4.79 Å². The highest BCUT2D eigenvalue weighted by Gasteiger charge is 2.00. The molecule has 0 spiro atoms. The Morgan fingerprint density at radius 3 is 2.73 bits per heavy atom. The van der Waals surface area contributed by atoms with Gasteiger partial charge in [0.15, 0.2) is 0 Å². The Hall–Kier alpha value is -2.67. The number of urea groups is 1. The maximum absolute atomic E-state index is 11.3. The number of ether oxygens (including phenoxy) is 1. The van der Waals surface area contributed by atoms with E-state index >= 15 is 0 Å². The molecule has 0 unspecified atom stereocenters. The van der Waals surface area contributed by atoms with Crippen LogP contribution in [0, 0.1) is 11.8 Å². The molecule has 0 saturated heterocycles. The van der Waals surface area contributed by atoms with Crippen LogP contribution in [0.15, 0.2) is 42.5 Å². The van der Waals surface area contributed by atoms with Crippen molar-refractivity contribution in [1.82, 2.24) is 10.6 Å². The number of nitrogens with one attached hydrogen (secondary N) is 2. The smallest absolute Gasteiger partial charge is 0.315 e. The van der Waals surface area contributed by atoms with E-state index in [2.05, 4.69) is 22.5 Å². The van der Waals surface area contributed by atoms with Gasteiger partial charge in [0.05, 0.1) is 6.54 Å². The average molecular weight is 296 g/mol. The second-order valence-corrected chi connectivity index (χ2v) is 5.10. The van der Waals surface area contributed by atoms with Crippen LogP contribution in [0.3, 0.4) is 0 Å². The molecule has 2 N–H and O–H groups in total. The van der Waals surface area contributed by atoms with E-state index in [1.54, 1.807) is 0 Å². The molecule has 22 heavy (non-hydrogen) atoms. The number of fused-ring (bicyclic) bond motifs is 1. The fraction of sp³-hybridized carbons (Fsp3) is 0.278. The quantitative estimate of drug-likeness (QED) is 0.852. The van der Waals surface area contributed by atoms with Crippen molar-refractivity contribution in [1.29, 1.82) is 0 Å². The molecule has 0 atom stereocenters. The highest BCUT2D eigenvalue weighted by molar-refractivity contribution is 5.88. The highest BCUT2D eigenvalue weighted by atomic mass is 16.5. The third-order valence-electron chi connectivity index (χ3n) is 2.93. The second kappa shape index (κ2) is 7.94. The monoisotopic (exact) mass is 296 g/mol. The lowest BCUT2D eigenvalue weighted by Crippen LogP contribution is -2.39. The summed E-state index contributed by atoms with van der Waals surface area (Å²) >= 11 is 0. The molecule has 2 aromatic carbocycles. The van der Waals surface area contributed by atoms with Crippen LogP contribution in [0.1, 0.15) is 13.8 Å². The SMILES string of the molecule is CC(C)NC(=O)NCC#CCOc1cccc2ccccc12. The van der Waals surface area contributed by atoms with Gasteiger partial charge in [-0.05, 0) is 25.3 Å². The maximum atomic E-state index is 11.3. The Labute approximate surface area is 130 Å². The summed E-state index contributed by atoms with van der Waals surface area (Å²) in [7, 11) is 0. The summed E-state index contributed by atoms with van der Waals surface area (Å²) in [5.74, 6) is 6.57. The predicted octanol–water partition coefficient (Wildman–Crippen LogP) is 2.93. The zero-order valence-corrected chi connectivity index (χ0v) is 12.8. The van der Waals surface area contributed by atoms with Gasteiger partial charge < -0.3 is 15.4 Å². The Balaban J connectivity index is 1.81. The highest BCUT2D eigenvalue weighted by Crippen LogP contribution is 2.24. The molecule has 0 aromatic heterocycles. The van der Waals surface area contributed by atoms with Crippen molar-refractivity contribution in [2.24, 2.45) is 0 Å². The van der Waals surface area contributed by atoms with Gasteiger partial charge in [0.25, 0.3) is 0 Å². The molecule has 0 saturated carbocycles. The van der Waals surface area contributed by atoms with Crippen LogP contribution in [-0.4, -0.2) is 25.2 Å². The van der Waals surface area contributed by atoms with Gasteiger partial charge in [0, 0.05) is 11.4 Å². The third-order valence-corrected chi connectivity index (χ3v) is 2.93. The molecule has 4 nitrogen and oxygen atoms in total. The number of amides is 2. The molecule has 0 aliphatic rings. The summed E-state index contributed by atoms with van der Waals surface area (Å²) in [5, 5.41) is 7.60. The minimum absolute atomic E-state index is 0.114. The molecule has 0 radical (unpaired) electrons. The summed E-state index contributed by atoms with van der Waals surface area (Å²) in [5.41, 5.74) is 0. The molecule has 114 valence electrons. The first-order chi connectivity index (χ1) is 10.7. The van der Waals surface area contributed by atoms with Crippen LogP contribution in [-0.2, 0) is 0 Å². The Bertz CT molecular complexity index is 694. The first kappa shape index (κ1) is 15.7. The lowest BCUT2D eigenvalue weighted by molar-refractivity contribution is 0.239. The number of benzene rings is 2. The zero-order valence-electron chi connectivity index (χ0n) is 12.8. The largest absolute Gasteiger partial charge is 0.480 e. The molecular formula is C18H20N2O2. The second-order valence-electron chi connectivity index (χ2n) is 5.10. The fourth-order valence-electron chi connectivity index (χ4n) is 1.99. The van der Waals surface area contributed by atoms with Crippen LogP contribution in [0.2, 0.25) is 0 Å². The lowest BCUT2D eigenvalue weighted by Gasteiger charge is -2.07. The molecule has 2 rings (SSSR count). The minimum Gasteiger partial charge on any atom is -0.480 e. The van der Waals surface area contributed by atoms with Crippen LogP contribution in [0.5, 0.6) is 5.75 Å². The molecule has 0 heterocycles. The van der Waals surface area contributed by atoms with E-state index < -0.39 is 0 Å². The number of carbonyl (C=O) groups excluding carboxylic acids is 1. The molecular weight excluding hydrogens is 276 g/mol. The van der Waals surface area contributed by atoms with E-state index in [4.69, 9.17) is 4.74 Å². The van der Waals surface area contributed by atoms with Gasteiger partial charge in [-0.1, -0.05) is 48.2 Å². The van der Waals surface area contributed by atoms with Crippen molar-refractivity contribution in [2.45, 2.75) is 19.9 Å². The van der Waals surface area contributed by atoms with Gasteiger partial charge in [-0.25, -0.2) is 4.79 Å². The van der Waals surface area contributed by atoms with Gasteiger partial charge in [-0.3, -0.25) is 0 Å². The number of carbonyl (C=O) groups is 1. The number of hydrogen-bond acceptors (Lipinski definition) is 2. The summed E-state index contributed by atoms with van der Waals surface area (Å²) in [6.07, 6.45) is 0. The van der Waals surface area contributed by atoms with E-state index in [1.807, 2.05) is 56.3 Å². The normalized spacial score (nSPS) is 9.95. The van der Waals surface area contributed by atoms with Crippen LogP contribution in [0.25, 0.3) is 10.8 Å². The fourth-order valence-corrected chi connectivity index (χ4v) is 1.99. The van der Waals surface area contributed by atoms with Gasteiger partial charge in [-0.2, -0.15) is 0 Å². The van der Waals surface area contributed by atoms with Gasteiger partial charge in [0.1, 0.15) is 12.4 Å². The summed E-state index contributed by atoms with van der Waals surface area (Å²) < 4.78 is 5.69. The first-order valence-electron chi connectivity index (χ1n) is 7.27. The van der Waals surface area contributed by atoms with E-state index in [0.29, 0.717) is 13.2 Å². The van der Waals surface area contributed by atoms with E-state index in [1.165, 1.54) is 0 Å². The van der Waals surface area contributed by atoms with Gasteiger partial charge in [0.2, 0.25) is 0 Å². The lowest BCUT2D eigenvalue weighted by atomic mass is 10.1. The van der Waals surface area contributed by atoms with Crippen molar-refractivity contribution in [2.75, 3.05) is 13.2 Å². The minimum atomic E-state index is -0.209. The molecule has 0 aliphatic carbocycles. The van der Waals surface area contributed by atoms with Crippen LogP contribution >= 0.6 is 0 Å². The predicted molar refractivity (Wildman–Crippen MR) is 88.9 cm³/mol. The summed E-state index contributed by atoms with van der Waals surface area (Å²) in [6.45, 7) is 4.41. The van der Waals surface area contributed by atoms with Crippen LogP contribution in [0.4, 0.5) is 4.79 Å². The van der Waals surface area contributed by atoms with Crippen molar-refractivity contribution >= 4 is 16.8 Å². The molecule has 2 amide bonds. The molecule has 4 heteroatoms. The number of hydrogen-bond donors (Lipinski definition) is 2. The topological polar surface area (TPSA) is 50.4 Å². The first-order valence-corrected chi connectivity index (χ1v) is 7.27. The average Bonchev–Trinajstić information content (AvgIpc) is 2.50. The molecule has 0 fully saturated rings. The van der Waals surface area contributed by atoms with Crippen molar-refractivity contribution in [3.05, 3.63) is 42.5 Å². The van der Waals surface area contributed by atoms with E-state index in [0.717, 1.165) is 16.5 Å². The molecule has 0 bridgehead atoms. The van der Waals surface area contributed by atoms with Crippen molar-refractivity contribution in [3.63, 3.8) is 0 Å². The molecule has 2 aromatic rings. The standard InChI is InChI=1S/C18H20N2O2/c1-14(2)20-18(21)19-12-5-6-13-22-17-11-7-9-15-8-3-4-10-16(15)17/h3-4,7-11,14H,12-13H2,1-2H3,(H2,19,20,21).